The fraction of sp³-hybridized carbons (Fsp3) is 0.333. The standard InChI is InChI=1S/C36H40F2N2O6/c1-21(2)40-31(18-15-28(41)19-29(42)20-32(43)44)33(24-5-11-26(37)12-6-24)34(25-7-13-27(38)14-8-25)35(40)36(45)39-22(3)23-9-16-30(46-4)17-10-23/h5-14,16-17,21-22,28-29,41-42H,15,18-20H2,1-4H3,(H,39,45)(H,43,44)/t22-,28-,29-/m1/s1. The minimum absolute atomic E-state index is 0.141. The Balaban J connectivity index is 1.88. The first-order valence-electron chi connectivity index (χ1n) is 15.2. The van der Waals surface area contributed by atoms with Gasteiger partial charge in [-0.1, -0.05) is 36.4 Å². The minimum atomic E-state index is -1.23. The van der Waals surface area contributed by atoms with Crippen LogP contribution < -0.4 is 10.1 Å². The number of nitrogens with zero attached hydrogens (tertiary/aromatic N) is 1. The van der Waals surface area contributed by atoms with Crippen LogP contribution in [0, 0.1) is 11.6 Å². The van der Waals surface area contributed by atoms with Crippen LogP contribution >= 0.6 is 0 Å². The Morgan fingerprint density at radius 3 is 1.87 bits per heavy atom. The first kappa shape index (κ1) is 34.3. The Hall–Kier alpha value is -4.54. The molecule has 0 fully saturated rings. The zero-order valence-corrected chi connectivity index (χ0v) is 26.3. The molecule has 10 heteroatoms. The van der Waals surface area contributed by atoms with Crippen molar-refractivity contribution in [2.45, 2.75) is 70.7 Å². The van der Waals surface area contributed by atoms with Crippen molar-refractivity contribution in [3.05, 3.63) is 101 Å². The van der Waals surface area contributed by atoms with Crippen LogP contribution in [0.3, 0.4) is 0 Å². The Morgan fingerprint density at radius 1 is 0.826 bits per heavy atom. The van der Waals surface area contributed by atoms with Gasteiger partial charge in [0, 0.05) is 22.9 Å². The van der Waals surface area contributed by atoms with E-state index in [4.69, 9.17) is 9.84 Å². The van der Waals surface area contributed by atoms with Crippen LogP contribution in [0.2, 0.25) is 0 Å². The average molecular weight is 635 g/mol. The number of aromatic nitrogens is 1. The largest absolute Gasteiger partial charge is 0.497 e. The van der Waals surface area contributed by atoms with Crippen LogP contribution in [0.5, 0.6) is 5.75 Å². The summed E-state index contributed by atoms with van der Waals surface area (Å²) in [6.45, 7) is 5.70. The van der Waals surface area contributed by atoms with E-state index in [1.165, 1.54) is 24.3 Å². The van der Waals surface area contributed by atoms with Crippen molar-refractivity contribution < 1.29 is 38.4 Å². The zero-order valence-electron chi connectivity index (χ0n) is 26.3. The van der Waals surface area contributed by atoms with E-state index in [-0.39, 0.29) is 31.2 Å². The Bertz CT molecular complexity index is 1630. The number of halogens is 2. The third-order valence-corrected chi connectivity index (χ3v) is 7.94. The van der Waals surface area contributed by atoms with E-state index in [0.717, 1.165) is 5.56 Å². The van der Waals surface area contributed by atoms with Crippen LogP contribution in [0.4, 0.5) is 8.78 Å². The molecule has 0 unspecified atom stereocenters. The molecule has 0 spiro atoms. The maximum absolute atomic E-state index is 14.3. The number of hydrogen-bond acceptors (Lipinski definition) is 5. The second kappa shape index (κ2) is 15.2. The highest BCUT2D eigenvalue weighted by Crippen LogP contribution is 2.43. The first-order chi connectivity index (χ1) is 21.9. The average Bonchev–Trinajstić information content (AvgIpc) is 3.36. The molecule has 3 atom stereocenters. The number of ether oxygens (including phenoxy) is 1. The van der Waals surface area contributed by atoms with E-state index in [0.29, 0.717) is 39.4 Å². The molecule has 1 aromatic heterocycles. The topological polar surface area (TPSA) is 121 Å². The molecule has 244 valence electrons. The maximum Gasteiger partial charge on any atom is 0.305 e. The molecular formula is C36H40F2N2O6. The van der Waals surface area contributed by atoms with Gasteiger partial charge in [-0.3, -0.25) is 9.59 Å². The molecule has 0 aliphatic heterocycles. The number of carboxylic acid groups (broad SMARTS) is 1. The van der Waals surface area contributed by atoms with Crippen LogP contribution in [-0.2, 0) is 11.2 Å². The fourth-order valence-corrected chi connectivity index (χ4v) is 5.76. The number of hydrogen-bond donors (Lipinski definition) is 4. The molecule has 0 radical (unpaired) electrons. The van der Waals surface area contributed by atoms with Gasteiger partial charge in [0.1, 0.15) is 23.1 Å². The van der Waals surface area contributed by atoms with E-state index in [1.807, 2.05) is 49.6 Å². The summed E-state index contributed by atoms with van der Waals surface area (Å²) in [5.74, 6) is -1.76. The van der Waals surface area contributed by atoms with Gasteiger partial charge in [-0.25, -0.2) is 8.78 Å². The number of carboxylic acids is 1. The molecule has 4 rings (SSSR count). The molecule has 0 aliphatic carbocycles. The maximum atomic E-state index is 14.3. The van der Waals surface area contributed by atoms with Gasteiger partial charge in [-0.05, 0) is 93.1 Å². The van der Waals surface area contributed by atoms with Gasteiger partial charge in [0.15, 0.2) is 0 Å². The predicted molar refractivity (Wildman–Crippen MR) is 172 cm³/mol. The number of methoxy groups -OCH3 is 1. The number of nitrogens with one attached hydrogen (secondary N) is 1. The summed E-state index contributed by atoms with van der Waals surface area (Å²) < 4.78 is 35.4. The number of carbonyl (C=O) groups excluding carboxylic acids is 1. The molecular weight excluding hydrogens is 594 g/mol. The second-order valence-electron chi connectivity index (χ2n) is 11.7. The minimum Gasteiger partial charge on any atom is -0.497 e. The number of aliphatic carboxylic acids is 1. The molecule has 0 bridgehead atoms. The number of benzene rings is 3. The summed E-state index contributed by atoms with van der Waals surface area (Å²) in [5, 5.41) is 33.0. The van der Waals surface area contributed by atoms with Crippen LogP contribution in [0.1, 0.15) is 73.9 Å². The lowest BCUT2D eigenvalue weighted by atomic mass is 9.92. The molecule has 1 amide bonds. The summed E-state index contributed by atoms with van der Waals surface area (Å²) in [6, 6.07) is 18.4. The Morgan fingerprint density at radius 2 is 1.37 bits per heavy atom. The summed E-state index contributed by atoms with van der Waals surface area (Å²) in [5.41, 5.74) is 4.18. The second-order valence-corrected chi connectivity index (χ2v) is 11.7. The molecule has 0 saturated heterocycles. The highest BCUT2D eigenvalue weighted by Gasteiger charge is 2.31. The van der Waals surface area contributed by atoms with Crippen molar-refractivity contribution in [2.24, 2.45) is 0 Å². The highest BCUT2D eigenvalue weighted by atomic mass is 19.1. The fourth-order valence-electron chi connectivity index (χ4n) is 5.76. The number of amides is 1. The van der Waals surface area contributed by atoms with Crippen LogP contribution in [0.25, 0.3) is 22.3 Å². The van der Waals surface area contributed by atoms with Crippen molar-refractivity contribution in [1.29, 1.82) is 0 Å². The number of rotatable bonds is 14. The van der Waals surface area contributed by atoms with Gasteiger partial charge in [-0.15, -0.1) is 0 Å². The molecule has 3 aromatic carbocycles. The molecule has 4 aromatic rings. The van der Waals surface area contributed by atoms with Crippen LogP contribution in [-0.4, -0.2) is 51.1 Å². The Labute approximate surface area is 267 Å². The lowest BCUT2D eigenvalue weighted by Crippen LogP contribution is -2.30. The zero-order chi connectivity index (χ0) is 33.5. The van der Waals surface area contributed by atoms with Crippen molar-refractivity contribution in [3.8, 4) is 28.0 Å². The molecule has 4 N–H and O–H groups in total. The number of aliphatic hydroxyl groups is 2. The van der Waals surface area contributed by atoms with E-state index >= 15 is 0 Å². The third kappa shape index (κ3) is 8.18. The van der Waals surface area contributed by atoms with Gasteiger partial charge in [0.2, 0.25) is 0 Å². The molecule has 1 heterocycles. The smallest absolute Gasteiger partial charge is 0.305 e. The van der Waals surface area contributed by atoms with E-state index < -0.39 is 42.3 Å². The van der Waals surface area contributed by atoms with Crippen molar-refractivity contribution in [1.82, 2.24) is 9.88 Å². The SMILES string of the molecule is COc1ccc([C@@H](C)NC(=O)c2c(-c3ccc(F)cc3)c(-c3ccc(F)cc3)c(CC[C@@H](O)C[C@@H](O)CC(=O)O)n2C(C)C)cc1. The predicted octanol–water partition coefficient (Wildman–Crippen LogP) is 6.70. The summed E-state index contributed by atoms with van der Waals surface area (Å²) in [7, 11) is 1.57. The Kier molecular flexibility index (Phi) is 11.3. The molecule has 0 aliphatic rings. The number of aliphatic hydroxyl groups excluding tert-OH is 2. The molecule has 8 nitrogen and oxygen atoms in total. The molecule has 0 saturated carbocycles. The van der Waals surface area contributed by atoms with Crippen molar-refractivity contribution in [3.63, 3.8) is 0 Å². The summed E-state index contributed by atoms with van der Waals surface area (Å²) >= 11 is 0. The normalized spacial score (nSPS) is 13.3. The van der Waals surface area contributed by atoms with E-state index in [9.17, 15) is 28.6 Å². The van der Waals surface area contributed by atoms with E-state index in [2.05, 4.69) is 5.32 Å². The van der Waals surface area contributed by atoms with Gasteiger partial charge in [0.05, 0.1) is 31.8 Å². The first-order valence-corrected chi connectivity index (χ1v) is 15.2. The van der Waals surface area contributed by atoms with Crippen molar-refractivity contribution in [2.75, 3.05) is 7.11 Å². The summed E-state index contributed by atoms with van der Waals surface area (Å²) in [4.78, 5) is 25.4. The van der Waals surface area contributed by atoms with Crippen molar-refractivity contribution >= 4 is 11.9 Å². The van der Waals surface area contributed by atoms with Gasteiger partial charge < -0.3 is 29.9 Å². The third-order valence-electron chi connectivity index (χ3n) is 7.94. The lowest BCUT2D eigenvalue weighted by molar-refractivity contribution is -0.139. The quantitative estimate of drug-likeness (QED) is 0.123. The molecule has 46 heavy (non-hydrogen) atoms. The van der Waals surface area contributed by atoms with E-state index in [1.54, 1.807) is 31.4 Å². The highest BCUT2D eigenvalue weighted by molar-refractivity contribution is 6.05. The van der Waals surface area contributed by atoms with Gasteiger partial charge in [0.25, 0.3) is 5.91 Å². The number of carbonyl (C=O) groups is 2. The summed E-state index contributed by atoms with van der Waals surface area (Å²) in [6.07, 6.45) is -2.51. The van der Waals surface area contributed by atoms with Crippen LogP contribution in [0.15, 0.2) is 72.8 Å². The van der Waals surface area contributed by atoms with Gasteiger partial charge in [-0.2, -0.15) is 0 Å². The van der Waals surface area contributed by atoms with Gasteiger partial charge >= 0.3 is 5.97 Å². The lowest BCUT2D eigenvalue weighted by Gasteiger charge is -2.21. The monoisotopic (exact) mass is 634 g/mol.